The molecule has 0 aliphatic heterocycles. The van der Waals surface area contributed by atoms with Crippen molar-refractivity contribution < 1.29 is 14.7 Å². The first kappa shape index (κ1) is 16.9. The quantitative estimate of drug-likeness (QED) is 0.634. The maximum absolute atomic E-state index is 11.4. The van der Waals surface area contributed by atoms with E-state index < -0.39 is 17.9 Å². The van der Waals surface area contributed by atoms with E-state index in [1.807, 2.05) is 34.6 Å². The van der Waals surface area contributed by atoms with Crippen LogP contribution in [0.2, 0.25) is 0 Å². The molecule has 0 bridgehead atoms. The normalized spacial score (nSPS) is 13.3. The van der Waals surface area contributed by atoms with Crippen LogP contribution in [0.15, 0.2) is 0 Å². The molecule has 0 radical (unpaired) electrons. The van der Waals surface area contributed by atoms with Crippen molar-refractivity contribution in [1.29, 1.82) is 0 Å². The van der Waals surface area contributed by atoms with E-state index in [-0.39, 0.29) is 5.41 Å². The number of aliphatic hydroxyl groups is 1. The summed E-state index contributed by atoms with van der Waals surface area (Å²) in [7, 11) is 0. The van der Waals surface area contributed by atoms with Gasteiger partial charge in [-0.15, -0.1) is 0 Å². The van der Waals surface area contributed by atoms with Gasteiger partial charge in [0, 0.05) is 13.1 Å². The maximum Gasteiger partial charge on any atom is 0.309 e. The van der Waals surface area contributed by atoms with Gasteiger partial charge in [-0.3, -0.25) is 9.59 Å². The lowest BCUT2D eigenvalue weighted by atomic mass is 9.87. The first-order valence-electron chi connectivity index (χ1n) is 6.38. The zero-order valence-electron chi connectivity index (χ0n) is 12.0. The van der Waals surface area contributed by atoms with E-state index in [0.29, 0.717) is 25.4 Å². The number of rotatable bonds is 5. The van der Waals surface area contributed by atoms with Gasteiger partial charge in [-0.05, 0) is 17.8 Å². The molecule has 5 heteroatoms. The molecular weight excluding hydrogens is 232 g/mol. The third-order valence-corrected chi connectivity index (χ3v) is 2.58. The molecule has 0 spiro atoms. The van der Waals surface area contributed by atoms with E-state index in [4.69, 9.17) is 0 Å². The second-order valence-electron chi connectivity index (χ2n) is 6.03. The Bertz CT molecular complexity index is 282. The Kier molecular flexibility index (Phi) is 6.91. The Morgan fingerprint density at radius 1 is 1.11 bits per heavy atom. The molecule has 106 valence electrons. The number of aliphatic hydroxyl groups excluding tert-OH is 1. The first-order chi connectivity index (χ1) is 8.14. The molecule has 0 aliphatic rings. The average molecular weight is 258 g/mol. The van der Waals surface area contributed by atoms with E-state index in [1.54, 1.807) is 0 Å². The van der Waals surface area contributed by atoms with Crippen molar-refractivity contribution in [1.82, 2.24) is 10.6 Å². The second-order valence-corrected chi connectivity index (χ2v) is 6.03. The molecule has 0 saturated carbocycles. The van der Waals surface area contributed by atoms with Crippen LogP contribution in [0.5, 0.6) is 0 Å². The van der Waals surface area contributed by atoms with Crippen molar-refractivity contribution >= 4 is 11.8 Å². The minimum absolute atomic E-state index is 0.218. The summed E-state index contributed by atoms with van der Waals surface area (Å²) in [5, 5.41) is 14.8. The van der Waals surface area contributed by atoms with Gasteiger partial charge in [0.05, 0.1) is 6.10 Å². The molecule has 5 nitrogen and oxygen atoms in total. The maximum atomic E-state index is 11.4. The molecule has 0 aromatic carbocycles. The van der Waals surface area contributed by atoms with Crippen molar-refractivity contribution in [2.75, 3.05) is 13.1 Å². The van der Waals surface area contributed by atoms with Crippen molar-refractivity contribution in [3.05, 3.63) is 0 Å². The van der Waals surface area contributed by atoms with Gasteiger partial charge in [-0.25, -0.2) is 0 Å². The van der Waals surface area contributed by atoms with E-state index in [9.17, 15) is 14.7 Å². The summed E-state index contributed by atoms with van der Waals surface area (Å²) >= 11 is 0. The number of carbonyl (C=O) groups is 2. The lowest BCUT2D eigenvalue weighted by Gasteiger charge is -2.25. The molecule has 0 aliphatic carbocycles. The second kappa shape index (κ2) is 7.36. The molecule has 0 heterocycles. The van der Waals surface area contributed by atoms with Crippen LogP contribution in [0.4, 0.5) is 0 Å². The van der Waals surface area contributed by atoms with Crippen LogP contribution in [-0.2, 0) is 9.59 Å². The summed E-state index contributed by atoms with van der Waals surface area (Å²) in [4.78, 5) is 22.7. The Labute approximate surface area is 109 Å². The van der Waals surface area contributed by atoms with Crippen molar-refractivity contribution in [2.24, 2.45) is 11.3 Å². The molecule has 2 amide bonds. The summed E-state index contributed by atoms with van der Waals surface area (Å²) in [6.07, 6.45) is -0.0660. The van der Waals surface area contributed by atoms with Gasteiger partial charge in [-0.1, -0.05) is 34.6 Å². The SMILES string of the molecule is CC(C)CNC(=O)C(=O)NCCC(O)C(C)(C)C. The Hall–Kier alpha value is -1.10. The van der Waals surface area contributed by atoms with Gasteiger partial charge in [-0.2, -0.15) is 0 Å². The summed E-state index contributed by atoms with van der Waals surface area (Å²) in [6.45, 7) is 10.5. The molecule has 18 heavy (non-hydrogen) atoms. The molecule has 3 N–H and O–H groups in total. The standard InChI is InChI=1S/C13H26N2O3/c1-9(2)8-15-12(18)11(17)14-7-6-10(16)13(3,4)5/h9-10,16H,6-8H2,1-5H3,(H,14,17)(H,15,18). The largest absolute Gasteiger partial charge is 0.393 e. The molecule has 0 fully saturated rings. The van der Waals surface area contributed by atoms with Crippen molar-refractivity contribution in [2.45, 2.75) is 47.1 Å². The molecule has 0 aromatic rings. The van der Waals surface area contributed by atoms with Crippen LogP contribution in [-0.4, -0.2) is 36.1 Å². The van der Waals surface area contributed by atoms with Crippen LogP contribution in [0.3, 0.4) is 0 Å². The van der Waals surface area contributed by atoms with Crippen LogP contribution < -0.4 is 10.6 Å². The minimum atomic E-state index is -0.642. The summed E-state index contributed by atoms with van der Waals surface area (Å²) < 4.78 is 0. The fraction of sp³-hybridized carbons (Fsp3) is 0.846. The molecule has 0 aromatic heterocycles. The minimum Gasteiger partial charge on any atom is -0.393 e. The van der Waals surface area contributed by atoms with Crippen LogP contribution in [0.25, 0.3) is 0 Å². The van der Waals surface area contributed by atoms with Gasteiger partial charge < -0.3 is 15.7 Å². The van der Waals surface area contributed by atoms with Crippen LogP contribution in [0.1, 0.15) is 41.0 Å². The Morgan fingerprint density at radius 2 is 1.61 bits per heavy atom. The Balaban J connectivity index is 3.87. The highest BCUT2D eigenvalue weighted by molar-refractivity contribution is 6.35. The van der Waals surface area contributed by atoms with Gasteiger partial charge in [0.2, 0.25) is 0 Å². The van der Waals surface area contributed by atoms with Crippen molar-refractivity contribution in [3.63, 3.8) is 0 Å². The third-order valence-electron chi connectivity index (χ3n) is 2.58. The molecule has 0 rings (SSSR count). The van der Waals surface area contributed by atoms with E-state index in [2.05, 4.69) is 10.6 Å². The van der Waals surface area contributed by atoms with Gasteiger partial charge in [0.1, 0.15) is 0 Å². The summed E-state index contributed by atoms with van der Waals surface area (Å²) in [6, 6.07) is 0. The summed E-state index contributed by atoms with van der Waals surface area (Å²) in [5.74, 6) is -0.949. The zero-order chi connectivity index (χ0) is 14.3. The fourth-order valence-electron chi connectivity index (χ4n) is 1.21. The zero-order valence-corrected chi connectivity index (χ0v) is 12.0. The van der Waals surface area contributed by atoms with Gasteiger partial charge in [0.15, 0.2) is 0 Å². The summed E-state index contributed by atoms with van der Waals surface area (Å²) in [5.41, 5.74) is -0.218. The lowest BCUT2D eigenvalue weighted by molar-refractivity contribution is -0.139. The highest BCUT2D eigenvalue weighted by Crippen LogP contribution is 2.20. The molecular formula is C13H26N2O3. The molecule has 1 atom stereocenters. The average Bonchev–Trinajstić information content (AvgIpc) is 2.23. The monoisotopic (exact) mass is 258 g/mol. The van der Waals surface area contributed by atoms with E-state index >= 15 is 0 Å². The van der Waals surface area contributed by atoms with Gasteiger partial charge >= 0.3 is 11.8 Å². The van der Waals surface area contributed by atoms with Crippen LogP contribution >= 0.6 is 0 Å². The lowest BCUT2D eigenvalue weighted by Crippen LogP contribution is -2.42. The number of amides is 2. The fourth-order valence-corrected chi connectivity index (χ4v) is 1.21. The van der Waals surface area contributed by atoms with Crippen molar-refractivity contribution in [3.8, 4) is 0 Å². The topological polar surface area (TPSA) is 78.4 Å². The number of hydrogen-bond acceptors (Lipinski definition) is 3. The van der Waals surface area contributed by atoms with Gasteiger partial charge in [0.25, 0.3) is 0 Å². The molecule has 1 unspecified atom stereocenters. The predicted molar refractivity (Wildman–Crippen MR) is 70.9 cm³/mol. The van der Waals surface area contributed by atoms with E-state index in [1.165, 1.54) is 0 Å². The predicted octanol–water partition coefficient (Wildman–Crippen LogP) is 0.672. The highest BCUT2D eigenvalue weighted by atomic mass is 16.3. The molecule has 0 saturated heterocycles. The third kappa shape index (κ3) is 7.27. The highest BCUT2D eigenvalue weighted by Gasteiger charge is 2.22. The Morgan fingerprint density at radius 3 is 2.06 bits per heavy atom. The number of carbonyl (C=O) groups excluding carboxylic acids is 2. The number of nitrogens with one attached hydrogen (secondary N) is 2. The smallest absolute Gasteiger partial charge is 0.309 e. The number of hydrogen-bond donors (Lipinski definition) is 3. The van der Waals surface area contributed by atoms with E-state index in [0.717, 1.165) is 0 Å². The van der Waals surface area contributed by atoms with Crippen LogP contribution in [0, 0.1) is 11.3 Å². The first-order valence-corrected chi connectivity index (χ1v) is 6.38.